The van der Waals surface area contributed by atoms with Crippen LogP contribution in [0.4, 0.5) is 0 Å². The molecule has 1 heterocycles. The molecule has 1 aliphatic heterocycles. The van der Waals surface area contributed by atoms with Crippen LogP contribution in [0.15, 0.2) is 41.7 Å². The van der Waals surface area contributed by atoms with Crippen LogP contribution in [0.3, 0.4) is 0 Å². The zero-order valence-electron chi connectivity index (χ0n) is 14.5. The van der Waals surface area contributed by atoms with Gasteiger partial charge in [0.2, 0.25) is 0 Å². The summed E-state index contributed by atoms with van der Waals surface area (Å²) >= 11 is 0. The molecule has 0 aromatic heterocycles. The van der Waals surface area contributed by atoms with Gasteiger partial charge >= 0.3 is 5.97 Å². The second kappa shape index (κ2) is 6.98. The minimum Gasteiger partial charge on any atom is -0.507 e. The molecule has 24 heavy (non-hydrogen) atoms. The quantitative estimate of drug-likeness (QED) is 0.800. The van der Waals surface area contributed by atoms with Crippen molar-refractivity contribution in [3.8, 4) is 0 Å². The van der Waals surface area contributed by atoms with Crippen LogP contribution in [0.25, 0.3) is 0 Å². The van der Waals surface area contributed by atoms with Crippen molar-refractivity contribution in [1.29, 1.82) is 0 Å². The normalized spacial score (nSPS) is 22.5. The van der Waals surface area contributed by atoms with Crippen molar-refractivity contribution < 1.29 is 14.6 Å². The maximum atomic E-state index is 12.6. The van der Waals surface area contributed by atoms with E-state index in [-0.39, 0.29) is 23.7 Å². The van der Waals surface area contributed by atoms with E-state index in [1.54, 1.807) is 0 Å². The summed E-state index contributed by atoms with van der Waals surface area (Å²) in [5, 5.41) is 14.3. The first-order chi connectivity index (χ1) is 11.6. The highest BCUT2D eigenvalue weighted by atomic mass is 16.6. The monoisotopic (exact) mass is 329 g/mol. The number of aliphatic hydroxyl groups excluding tert-OH is 1. The van der Waals surface area contributed by atoms with Crippen molar-refractivity contribution in [2.24, 2.45) is 5.92 Å². The van der Waals surface area contributed by atoms with Crippen LogP contribution in [0.2, 0.25) is 0 Å². The molecular formula is C20H27NO3. The van der Waals surface area contributed by atoms with Gasteiger partial charge in [0, 0.05) is 12.0 Å². The van der Waals surface area contributed by atoms with Gasteiger partial charge in [0.25, 0.3) is 0 Å². The highest BCUT2D eigenvalue weighted by Crippen LogP contribution is 2.46. The standard InChI is InChI=1S/C20H27NO3/c1-3-21-17(15-10-6-4-7-11-15)14(2)16-18(22)20(24-19(16)23)12-8-5-9-13-20/h4,6-7,10-11,14,17,21-22H,3,5,8-9,12-13H2,1-2H3/t14-,17+/m1/s1. The minimum absolute atomic E-state index is 0.0281. The van der Waals surface area contributed by atoms with Crippen molar-refractivity contribution >= 4 is 5.97 Å². The van der Waals surface area contributed by atoms with E-state index in [4.69, 9.17) is 4.74 Å². The molecule has 1 aromatic carbocycles. The Morgan fingerprint density at radius 2 is 1.88 bits per heavy atom. The number of carbonyl (C=O) groups is 1. The van der Waals surface area contributed by atoms with Crippen molar-refractivity contribution in [2.75, 3.05) is 6.54 Å². The fourth-order valence-corrected chi connectivity index (χ4v) is 4.12. The van der Waals surface area contributed by atoms with Gasteiger partial charge < -0.3 is 15.2 Å². The summed E-state index contributed by atoms with van der Waals surface area (Å²) in [5.74, 6) is -0.319. The molecule has 130 valence electrons. The Morgan fingerprint density at radius 1 is 1.21 bits per heavy atom. The van der Waals surface area contributed by atoms with Crippen LogP contribution in [-0.4, -0.2) is 23.2 Å². The first-order valence-corrected chi connectivity index (χ1v) is 9.04. The van der Waals surface area contributed by atoms with Crippen LogP contribution in [0.1, 0.15) is 57.6 Å². The molecular weight excluding hydrogens is 302 g/mol. The third-order valence-corrected chi connectivity index (χ3v) is 5.39. The molecule has 3 rings (SSSR count). The Hall–Kier alpha value is -1.81. The van der Waals surface area contributed by atoms with Gasteiger partial charge in [-0.3, -0.25) is 0 Å². The second-order valence-corrected chi connectivity index (χ2v) is 6.94. The molecule has 0 amide bonds. The zero-order valence-corrected chi connectivity index (χ0v) is 14.5. The fourth-order valence-electron chi connectivity index (χ4n) is 4.12. The van der Waals surface area contributed by atoms with E-state index in [2.05, 4.69) is 17.4 Å². The van der Waals surface area contributed by atoms with Crippen molar-refractivity contribution in [3.05, 3.63) is 47.2 Å². The predicted molar refractivity (Wildman–Crippen MR) is 93.6 cm³/mol. The number of benzene rings is 1. The molecule has 4 heteroatoms. The van der Waals surface area contributed by atoms with E-state index >= 15 is 0 Å². The summed E-state index contributed by atoms with van der Waals surface area (Å²) in [6.07, 6.45) is 4.60. The summed E-state index contributed by atoms with van der Waals surface area (Å²) < 4.78 is 5.71. The molecule has 0 radical (unpaired) electrons. The average molecular weight is 329 g/mol. The van der Waals surface area contributed by atoms with Crippen LogP contribution >= 0.6 is 0 Å². The molecule has 1 aromatic rings. The number of hydrogen-bond acceptors (Lipinski definition) is 4. The van der Waals surface area contributed by atoms with E-state index in [0.717, 1.165) is 44.2 Å². The summed E-state index contributed by atoms with van der Waals surface area (Å²) in [5.41, 5.74) is 0.808. The molecule has 1 saturated carbocycles. The molecule has 4 nitrogen and oxygen atoms in total. The topological polar surface area (TPSA) is 58.6 Å². The van der Waals surface area contributed by atoms with E-state index in [1.165, 1.54) is 0 Å². The Balaban J connectivity index is 1.94. The van der Waals surface area contributed by atoms with E-state index in [1.807, 2.05) is 32.0 Å². The van der Waals surface area contributed by atoms with Gasteiger partial charge in [0.05, 0.1) is 5.57 Å². The molecule has 0 unspecified atom stereocenters. The Labute approximate surface area is 143 Å². The molecule has 1 fully saturated rings. The van der Waals surface area contributed by atoms with E-state index in [9.17, 15) is 9.90 Å². The van der Waals surface area contributed by atoms with Gasteiger partial charge in [-0.05, 0) is 37.8 Å². The molecule has 1 spiro atoms. The number of carbonyl (C=O) groups excluding carboxylic acids is 1. The van der Waals surface area contributed by atoms with Gasteiger partial charge in [0.1, 0.15) is 5.76 Å². The van der Waals surface area contributed by atoms with Crippen LogP contribution in [0.5, 0.6) is 0 Å². The zero-order chi connectivity index (χ0) is 17.2. The summed E-state index contributed by atoms with van der Waals surface area (Å²) in [6, 6.07) is 10.1. The molecule has 1 aliphatic carbocycles. The average Bonchev–Trinajstić information content (AvgIpc) is 2.83. The highest BCUT2D eigenvalue weighted by molar-refractivity contribution is 5.93. The second-order valence-electron chi connectivity index (χ2n) is 6.94. The SMILES string of the molecule is CCN[C@H](c1ccccc1)[C@H](C)C1=C(O)C2(CCCCC2)OC1=O. The lowest BCUT2D eigenvalue weighted by atomic mass is 9.80. The first-order valence-electron chi connectivity index (χ1n) is 9.04. The van der Waals surface area contributed by atoms with E-state index in [0.29, 0.717) is 5.57 Å². The Morgan fingerprint density at radius 3 is 2.50 bits per heavy atom. The summed E-state index contributed by atoms with van der Waals surface area (Å²) in [4.78, 5) is 12.6. The number of rotatable bonds is 5. The third-order valence-electron chi connectivity index (χ3n) is 5.39. The van der Waals surface area contributed by atoms with Crippen LogP contribution < -0.4 is 5.32 Å². The van der Waals surface area contributed by atoms with Crippen molar-refractivity contribution in [2.45, 2.75) is 57.6 Å². The maximum Gasteiger partial charge on any atom is 0.338 e. The molecule has 0 bridgehead atoms. The fraction of sp³-hybridized carbons (Fsp3) is 0.550. The molecule has 2 aliphatic rings. The number of ether oxygens (including phenoxy) is 1. The van der Waals surface area contributed by atoms with Gasteiger partial charge in [-0.25, -0.2) is 4.79 Å². The van der Waals surface area contributed by atoms with E-state index < -0.39 is 5.60 Å². The van der Waals surface area contributed by atoms with Crippen LogP contribution in [0, 0.1) is 5.92 Å². The van der Waals surface area contributed by atoms with Gasteiger partial charge in [-0.2, -0.15) is 0 Å². The lowest BCUT2D eigenvalue weighted by Gasteiger charge is -2.31. The highest BCUT2D eigenvalue weighted by Gasteiger charge is 2.50. The largest absolute Gasteiger partial charge is 0.507 e. The number of nitrogens with one attached hydrogen (secondary N) is 1. The first kappa shape index (κ1) is 17.0. The molecule has 2 atom stereocenters. The van der Waals surface area contributed by atoms with Crippen molar-refractivity contribution in [1.82, 2.24) is 5.32 Å². The Bertz CT molecular complexity index is 617. The van der Waals surface area contributed by atoms with Gasteiger partial charge in [-0.15, -0.1) is 0 Å². The number of aliphatic hydroxyl groups is 1. The predicted octanol–water partition coefficient (Wildman–Crippen LogP) is 4.05. The number of hydrogen-bond donors (Lipinski definition) is 2. The third kappa shape index (κ3) is 2.95. The maximum absolute atomic E-state index is 12.6. The van der Waals surface area contributed by atoms with Crippen LogP contribution in [-0.2, 0) is 9.53 Å². The smallest absolute Gasteiger partial charge is 0.338 e. The minimum atomic E-state index is -0.758. The summed E-state index contributed by atoms with van der Waals surface area (Å²) in [7, 11) is 0. The molecule has 0 saturated heterocycles. The lowest BCUT2D eigenvalue weighted by molar-refractivity contribution is -0.151. The number of esters is 1. The molecule has 2 N–H and O–H groups in total. The lowest BCUT2D eigenvalue weighted by Crippen LogP contribution is -2.34. The van der Waals surface area contributed by atoms with Gasteiger partial charge in [0.15, 0.2) is 5.60 Å². The summed E-state index contributed by atoms with van der Waals surface area (Å²) in [6.45, 7) is 4.83. The van der Waals surface area contributed by atoms with Crippen molar-refractivity contribution in [3.63, 3.8) is 0 Å². The van der Waals surface area contributed by atoms with Gasteiger partial charge in [-0.1, -0.05) is 50.6 Å². The Kier molecular flexibility index (Phi) is 4.95.